The van der Waals surface area contributed by atoms with Crippen LogP contribution in [0.5, 0.6) is 0 Å². The maximum atomic E-state index is 13.9. The van der Waals surface area contributed by atoms with Crippen LogP contribution in [0, 0.1) is 25.6 Å². The van der Waals surface area contributed by atoms with E-state index in [4.69, 9.17) is 0 Å². The highest BCUT2D eigenvalue weighted by molar-refractivity contribution is 9.10. The first-order valence-corrected chi connectivity index (χ1v) is 8.78. The zero-order chi connectivity index (χ0) is 18.1. The van der Waals surface area contributed by atoms with Gasteiger partial charge in [0, 0.05) is 23.1 Å². The number of rotatable bonds is 3. The number of nitrogens with zero attached hydrogens (tertiary/aromatic N) is 1. The zero-order valence-electron chi connectivity index (χ0n) is 14.0. The van der Waals surface area contributed by atoms with Crippen LogP contribution in [-0.4, -0.2) is 18.4 Å². The number of carbonyl (C=O) groups excluding carboxylic acids is 2. The molecular weight excluding hydrogens is 387 g/mol. The van der Waals surface area contributed by atoms with Crippen molar-refractivity contribution in [3.05, 3.63) is 57.8 Å². The number of anilines is 2. The van der Waals surface area contributed by atoms with Gasteiger partial charge in [0.1, 0.15) is 5.82 Å². The van der Waals surface area contributed by atoms with Crippen LogP contribution in [0.1, 0.15) is 17.5 Å². The topological polar surface area (TPSA) is 49.4 Å². The average Bonchev–Trinajstić information content (AvgIpc) is 2.92. The van der Waals surface area contributed by atoms with Gasteiger partial charge in [-0.3, -0.25) is 9.59 Å². The van der Waals surface area contributed by atoms with Crippen LogP contribution in [0.15, 0.2) is 40.9 Å². The molecule has 3 rings (SSSR count). The fourth-order valence-electron chi connectivity index (χ4n) is 3.05. The minimum atomic E-state index is -0.515. The molecular formula is C19H18BrFN2O2. The Labute approximate surface area is 154 Å². The highest BCUT2D eigenvalue weighted by atomic mass is 79.9. The van der Waals surface area contributed by atoms with Crippen molar-refractivity contribution in [1.82, 2.24) is 0 Å². The smallest absolute Gasteiger partial charge is 0.229 e. The summed E-state index contributed by atoms with van der Waals surface area (Å²) in [6, 6.07) is 10.3. The van der Waals surface area contributed by atoms with Gasteiger partial charge in [0.2, 0.25) is 11.8 Å². The van der Waals surface area contributed by atoms with E-state index in [0.717, 1.165) is 16.8 Å². The van der Waals surface area contributed by atoms with Crippen LogP contribution in [0.25, 0.3) is 0 Å². The summed E-state index contributed by atoms with van der Waals surface area (Å²) in [7, 11) is 0. The van der Waals surface area contributed by atoms with E-state index in [-0.39, 0.29) is 23.9 Å². The van der Waals surface area contributed by atoms with E-state index in [1.807, 2.05) is 32.0 Å². The lowest BCUT2D eigenvalue weighted by atomic mass is 10.1. The molecule has 25 heavy (non-hydrogen) atoms. The summed E-state index contributed by atoms with van der Waals surface area (Å²) in [6.45, 7) is 4.23. The largest absolute Gasteiger partial charge is 0.323 e. The Morgan fingerprint density at radius 2 is 2.00 bits per heavy atom. The Morgan fingerprint density at radius 1 is 1.24 bits per heavy atom. The van der Waals surface area contributed by atoms with Crippen molar-refractivity contribution in [3.63, 3.8) is 0 Å². The lowest BCUT2D eigenvalue weighted by Crippen LogP contribution is -2.28. The van der Waals surface area contributed by atoms with E-state index in [1.165, 1.54) is 12.1 Å². The molecule has 1 aliphatic heterocycles. The number of hydrogen-bond acceptors (Lipinski definition) is 2. The summed E-state index contributed by atoms with van der Waals surface area (Å²) >= 11 is 3.18. The molecule has 0 bridgehead atoms. The first-order chi connectivity index (χ1) is 11.8. The molecule has 0 spiro atoms. The van der Waals surface area contributed by atoms with Crippen molar-refractivity contribution in [1.29, 1.82) is 0 Å². The number of amides is 2. The molecule has 2 aromatic carbocycles. The number of halogens is 2. The lowest BCUT2D eigenvalue weighted by Gasteiger charge is -2.19. The summed E-state index contributed by atoms with van der Waals surface area (Å²) in [5.41, 5.74) is 3.05. The first kappa shape index (κ1) is 17.6. The second-order valence-corrected chi connectivity index (χ2v) is 7.22. The summed E-state index contributed by atoms with van der Waals surface area (Å²) in [5, 5.41) is 2.58. The Bertz CT molecular complexity index is 853. The first-order valence-electron chi connectivity index (χ1n) is 7.98. The number of hydrogen-bond donors (Lipinski definition) is 1. The molecule has 6 heteroatoms. The molecule has 1 fully saturated rings. The molecule has 0 saturated carbocycles. The van der Waals surface area contributed by atoms with Crippen molar-refractivity contribution in [2.45, 2.75) is 20.3 Å². The second-order valence-electron chi connectivity index (χ2n) is 6.31. The molecule has 1 unspecified atom stereocenters. The highest BCUT2D eigenvalue weighted by Gasteiger charge is 2.35. The van der Waals surface area contributed by atoms with E-state index in [9.17, 15) is 14.0 Å². The van der Waals surface area contributed by atoms with Crippen LogP contribution in [0.3, 0.4) is 0 Å². The zero-order valence-corrected chi connectivity index (χ0v) is 15.6. The van der Waals surface area contributed by atoms with E-state index in [1.54, 1.807) is 11.0 Å². The second kappa shape index (κ2) is 6.96. The predicted octanol–water partition coefficient (Wildman–Crippen LogP) is 4.20. The van der Waals surface area contributed by atoms with Gasteiger partial charge in [-0.25, -0.2) is 4.39 Å². The third-order valence-corrected chi connectivity index (χ3v) is 4.82. The van der Waals surface area contributed by atoms with Crippen molar-refractivity contribution in [3.8, 4) is 0 Å². The molecule has 1 atom stereocenters. The fourth-order valence-corrected chi connectivity index (χ4v) is 3.38. The third-order valence-electron chi connectivity index (χ3n) is 4.33. The highest BCUT2D eigenvalue weighted by Crippen LogP contribution is 2.29. The van der Waals surface area contributed by atoms with Gasteiger partial charge in [-0.1, -0.05) is 33.6 Å². The molecule has 1 heterocycles. The fraction of sp³-hybridized carbons (Fsp3) is 0.263. The summed E-state index contributed by atoms with van der Waals surface area (Å²) in [6.07, 6.45) is 0.122. The van der Waals surface area contributed by atoms with Gasteiger partial charge >= 0.3 is 0 Å². The summed E-state index contributed by atoms with van der Waals surface area (Å²) in [4.78, 5) is 26.4. The maximum Gasteiger partial charge on any atom is 0.229 e. The average molecular weight is 405 g/mol. The molecule has 1 saturated heterocycles. The van der Waals surface area contributed by atoms with Crippen LogP contribution in [0.4, 0.5) is 15.8 Å². The van der Waals surface area contributed by atoms with Gasteiger partial charge in [-0.15, -0.1) is 0 Å². The summed E-state index contributed by atoms with van der Waals surface area (Å²) < 4.78 is 14.5. The molecule has 2 aromatic rings. The van der Waals surface area contributed by atoms with E-state index >= 15 is 0 Å². The lowest BCUT2D eigenvalue weighted by molar-refractivity contribution is -0.122. The van der Waals surface area contributed by atoms with Crippen molar-refractivity contribution >= 4 is 39.1 Å². The van der Waals surface area contributed by atoms with Gasteiger partial charge in [0.15, 0.2) is 0 Å². The standard InChI is InChI=1S/C19H18BrFN2O2/c1-11-3-6-17(12(2)7-11)23-10-13(8-18(23)24)19(25)22-16-5-4-14(20)9-15(16)21/h3-7,9,13H,8,10H2,1-2H3,(H,22,25). The minimum Gasteiger partial charge on any atom is -0.323 e. The number of benzene rings is 2. The van der Waals surface area contributed by atoms with Gasteiger partial charge < -0.3 is 10.2 Å². The SMILES string of the molecule is Cc1ccc(N2CC(C(=O)Nc3ccc(Br)cc3F)CC2=O)c(C)c1. The number of nitrogens with one attached hydrogen (secondary N) is 1. The van der Waals surface area contributed by atoms with Crippen LogP contribution in [-0.2, 0) is 9.59 Å². The quantitative estimate of drug-likeness (QED) is 0.833. The molecule has 0 aliphatic carbocycles. The van der Waals surface area contributed by atoms with Crippen LogP contribution >= 0.6 is 15.9 Å². The molecule has 4 nitrogen and oxygen atoms in total. The Hall–Kier alpha value is -2.21. The Balaban J connectivity index is 1.74. The predicted molar refractivity (Wildman–Crippen MR) is 99.1 cm³/mol. The van der Waals surface area contributed by atoms with Gasteiger partial charge in [-0.2, -0.15) is 0 Å². The molecule has 0 radical (unpaired) electrons. The monoisotopic (exact) mass is 404 g/mol. The maximum absolute atomic E-state index is 13.9. The van der Waals surface area contributed by atoms with Crippen molar-refractivity contribution in [2.24, 2.45) is 5.92 Å². The van der Waals surface area contributed by atoms with Crippen molar-refractivity contribution < 1.29 is 14.0 Å². The van der Waals surface area contributed by atoms with E-state index < -0.39 is 11.7 Å². The normalized spacial score (nSPS) is 17.0. The van der Waals surface area contributed by atoms with Gasteiger partial charge in [0.25, 0.3) is 0 Å². The molecule has 130 valence electrons. The Morgan fingerprint density at radius 3 is 2.68 bits per heavy atom. The number of aryl methyl sites for hydroxylation is 2. The van der Waals surface area contributed by atoms with E-state index in [2.05, 4.69) is 21.2 Å². The number of carbonyl (C=O) groups is 2. The van der Waals surface area contributed by atoms with Crippen LogP contribution < -0.4 is 10.2 Å². The summed E-state index contributed by atoms with van der Waals surface area (Å²) in [5.74, 6) is -1.46. The third kappa shape index (κ3) is 3.74. The minimum absolute atomic E-state index is 0.0941. The molecule has 2 amide bonds. The van der Waals surface area contributed by atoms with Gasteiger partial charge in [-0.05, 0) is 43.7 Å². The molecule has 1 aliphatic rings. The molecule has 0 aromatic heterocycles. The van der Waals surface area contributed by atoms with Crippen molar-refractivity contribution in [2.75, 3.05) is 16.8 Å². The van der Waals surface area contributed by atoms with E-state index in [0.29, 0.717) is 11.0 Å². The van der Waals surface area contributed by atoms with Crippen LogP contribution in [0.2, 0.25) is 0 Å². The molecule has 1 N–H and O–H groups in total. The Kier molecular flexibility index (Phi) is 4.90. The van der Waals surface area contributed by atoms with Gasteiger partial charge in [0.05, 0.1) is 11.6 Å².